The summed E-state index contributed by atoms with van der Waals surface area (Å²) in [7, 11) is 2.00. The molecular weight excluding hydrogens is 238 g/mol. The zero-order valence-electron chi connectivity index (χ0n) is 10.8. The largest absolute Gasteiger partial charge is 0.350 e. The molecule has 0 spiro atoms. The topological polar surface area (TPSA) is 47.8 Å². The van der Waals surface area contributed by atoms with Crippen LogP contribution in [0.3, 0.4) is 0 Å². The molecule has 0 atom stereocenters. The van der Waals surface area contributed by atoms with Gasteiger partial charge in [-0.05, 0) is 12.1 Å². The van der Waals surface area contributed by atoms with Gasteiger partial charge >= 0.3 is 0 Å². The number of hydrogen-bond donors (Lipinski definition) is 0. The molecule has 0 N–H and O–H groups in total. The molecule has 2 aromatic heterocycles. The van der Waals surface area contributed by atoms with Crippen molar-refractivity contribution < 1.29 is 4.79 Å². The van der Waals surface area contributed by atoms with Crippen molar-refractivity contribution in [1.29, 1.82) is 0 Å². The molecule has 19 heavy (non-hydrogen) atoms. The predicted octanol–water partition coefficient (Wildman–Crippen LogP) is 2.84. The van der Waals surface area contributed by atoms with Crippen LogP contribution in [0.4, 0.5) is 0 Å². The molecule has 94 valence electrons. The average Bonchev–Trinajstić information content (AvgIpc) is 2.77. The monoisotopic (exact) mass is 251 g/mol. The minimum absolute atomic E-state index is 0.123. The van der Waals surface area contributed by atoms with Gasteiger partial charge < -0.3 is 4.57 Å². The molecule has 0 amide bonds. The van der Waals surface area contributed by atoms with E-state index in [2.05, 4.69) is 26.7 Å². The highest BCUT2D eigenvalue weighted by Gasteiger charge is 2.11. The molecule has 4 nitrogen and oxygen atoms in total. The minimum Gasteiger partial charge on any atom is -0.350 e. The van der Waals surface area contributed by atoms with E-state index in [9.17, 15) is 4.79 Å². The second-order valence-electron chi connectivity index (χ2n) is 4.49. The average molecular weight is 251 g/mol. The second-order valence-corrected chi connectivity index (χ2v) is 4.49. The molecule has 3 aromatic rings. The van der Waals surface area contributed by atoms with Crippen LogP contribution in [-0.4, -0.2) is 20.3 Å². The lowest BCUT2D eigenvalue weighted by Gasteiger charge is -2.00. The number of aromatic nitrogens is 3. The quantitative estimate of drug-likeness (QED) is 0.658. The van der Waals surface area contributed by atoms with Crippen molar-refractivity contribution in [3.05, 3.63) is 48.5 Å². The van der Waals surface area contributed by atoms with Gasteiger partial charge in [0.05, 0.1) is 5.69 Å². The summed E-state index contributed by atoms with van der Waals surface area (Å²) in [5, 5.41) is 1.12. The van der Waals surface area contributed by atoms with Gasteiger partial charge in [-0.25, -0.2) is 9.97 Å². The summed E-state index contributed by atoms with van der Waals surface area (Å²) in [6.07, 6.45) is 3.65. The summed E-state index contributed by atoms with van der Waals surface area (Å²) < 4.78 is 2.06. The summed E-state index contributed by atoms with van der Waals surface area (Å²) >= 11 is 0. The third-order valence-corrected chi connectivity index (χ3v) is 3.14. The number of rotatable bonds is 2. The van der Waals surface area contributed by atoms with E-state index in [1.54, 1.807) is 6.20 Å². The number of carbonyl (C=O) groups is 1. The van der Waals surface area contributed by atoms with Crippen molar-refractivity contribution in [2.75, 3.05) is 0 Å². The standard InChI is InChI=1S/C15H13N3O/c1-10(19)15-16-8-7-13(17-15)12-9-18(2)14-6-4-3-5-11(12)14/h3-9H,1-2H3. The van der Waals surface area contributed by atoms with Crippen molar-refractivity contribution in [2.24, 2.45) is 7.05 Å². The van der Waals surface area contributed by atoms with Crippen LogP contribution >= 0.6 is 0 Å². The maximum absolute atomic E-state index is 11.4. The molecule has 4 heteroatoms. The lowest BCUT2D eigenvalue weighted by atomic mass is 10.1. The van der Waals surface area contributed by atoms with Crippen LogP contribution in [0.15, 0.2) is 42.7 Å². The van der Waals surface area contributed by atoms with Gasteiger partial charge in [0.2, 0.25) is 0 Å². The van der Waals surface area contributed by atoms with E-state index >= 15 is 0 Å². The van der Waals surface area contributed by atoms with Crippen molar-refractivity contribution >= 4 is 16.7 Å². The Bertz CT molecular complexity index is 774. The summed E-state index contributed by atoms with van der Waals surface area (Å²) in [6, 6.07) is 9.95. The summed E-state index contributed by atoms with van der Waals surface area (Å²) in [6.45, 7) is 1.47. The van der Waals surface area contributed by atoms with Crippen LogP contribution in [0, 0.1) is 0 Å². The Hall–Kier alpha value is -2.49. The highest BCUT2D eigenvalue weighted by molar-refractivity contribution is 5.96. The maximum atomic E-state index is 11.4. The second kappa shape index (κ2) is 4.31. The van der Waals surface area contributed by atoms with Gasteiger partial charge in [-0.3, -0.25) is 4.79 Å². The van der Waals surface area contributed by atoms with Crippen LogP contribution in [0.1, 0.15) is 17.5 Å². The third-order valence-electron chi connectivity index (χ3n) is 3.14. The summed E-state index contributed by atoms with van der Waals surface area (Å²) in [5.74, 6) is 0.132. The molecule has 1 aromatic carbocycles. The van der Waals surface area contributed by atoms with Gasteiger partial charge in [0.1, 0.15) is 0 Å². The lowest BCUT2D eigenvalue weighted by molar-refractivity contribution is 0.100. The van der Waals surface area contributed by atoms with Gasteiger partial charge in [0.15, 0.2) is 11.6 Å². The van der Waals surface area contributed by atoms with Crippen LogP contribution in [0.2, 0.25) is 0 Å². The predicted molar refractivity (Wildman–Crippen MR) is 73.9 cm³/mol. The SMILES string of the molecule is CC(=O)c1nccc(-c2cn(C)c3ccccc23)n1. The van der Waals surface area contributed by atoms with Gasteiger partial charge in [-0.15, -0.1) is 0 Å². The first-order valence-corrected chi connectivity index (χ1v) is 6.05. The molecular formula is C15H13N3O. The van der Waals surface area contributed by atoms with Crippen molar-refractivity contribution in [2.45, 2.75) is 6.92 Å². The molecule has 0 radical (unpaired) electrons. The van der Waals surface area contributed by atoms with Crippen molar-refractivity contribution in [3.8, 4) is 11.3 Å². The Labute approximate surface area is 110 Å². The molecule has 2 heterocycles. The van der Waals surface area contributed by atoms with Crippen molar-refractivity contribution in [3.63, 3.8) is 0 Å². The molecule has 0 saturated heterocycles. The Balaban J connectivity index is 2.25. The highest BCUT2D eigenvalue weighted by atomic mass is 16.1. The fourth-order valence-corrected chi connectivity index (χ4v) is 2.22. The van der Waals surface area contributed by atoms with Gasteiger partial charge in [0.25, 0.3) is 0 Å². The number of fused-ring (bicyclic) bond motifs is 1. The van der Waals surface area contributed by atoms with Crippen LogP contribution < -0.4 is 0 Å². The summed E-state index contributed by atoms with van der Waals surface area (Å²) in [5.41, 5.74) is 2.93. The Kier molecular flexibility index (Phi) is 2.63. The number of Topliss-reactive ketones (excluding diaryl/α,β-unsaturated/α-hetero) is 1. The minimum atomic E-state index is -0.123. The number of carbonyl (C=O) groups excluding carboxylic acids is 1. The molecule has 3 rings (SSSR count). The zero-order valence-corrected chi connectivity index (χ0v) is 10.8. The number of nitrogens with zero attached hydrogens (tertiary/aromatic N) is 3. The van der Waals surface area contributed by atoms with E-state index in [-0.39, 0.29) is 11.6 Å². The van der Waals surface area contributed by atoms with Crippen molar-refractivity contribution in [1.82, 2.24) is 14.5 Å². The van der Waals surface area contributed by atoms with E-state index in [1.807, 2.05) is 31.4 Å². The number of hydrogen-bond acceptors (Lipinski definition) is 3. The van der Waals surface area contributed by atoms with Crippen LogP contribution in [0.5, 0.6) is 0 Å². The Morgan fingerprint density at radius 1 is 1.21 bits per heavy atom. The molecule has 0 saturated carbocycles. The smallest absolute Gasteiger partial charge is 0.196 e. The van der Waals surface area contributed by atoms with Gasteiger partial charge in [-0.1, -0.05) is 18.2 Å². The molecule has 0 fully saturated rings. The third kappa shape index (κ3) is 1.91. The molecule has 0 aliphatic carbocycles. The first kappa shape index (κ1) is 11.6. The van der Waals surface area contributed by atoms with Gasteiger partial charge in [-0.2, -0.15) is 0 Å². The number of para-hydroxylation sites is 1. The normalized spacial score (nSPS) is 10.8. The van der Waals surface area contributed by atoms with E-state index in [0.29, 0.717) is 0 Å². The van der Waals surface area contributed by atoms with Crippen LogP contribution in [-0.2, 0) is 7.05 Å². The molecule has 0 bridgehead atoms. The maximum Gasteiger partial charge on any atom is 0.196 e. The van der Waals surface area contributed by atoms with Crippen LogP contribution in [0.25, 0.3) is 22.2 Å². The number of ketones is 1. The Morgan fingerprint density at radius 3 is 2.79 bits per heavy atom. The van der Waals surface area contributed by atoms with Gasteiger partial charge in [0, 0.05) is 42.8 Å². The zero-order chi connectivity index (χ0) is 13.4. The van der Waals surface area contributed by atoms with E-state index < -0.39 is 0 Å². The fraction of sp³-hybridized carbons (Fsp3) is 0.133. The first-order valence-electron chi connectivity index (χ1n) is 6.05. The van der Waals surface area contributed by atoms with E-state index in [1.165, 1.54) is 6.92 Å². The van der Waals surface area contributed by atoms with E-state index in [0.717, 1.165) is 22.2 Å². The lowest BCUT2D eigenvalue weighted by Crippen LogP contribution is -2.01. The molecule has 0 aliphatic rings. The fourth-order valence-electron chi connectivity index (χ4n) is 2.22. The summed E-state index contributed by atoms with van der Waals surface area (Å²) in [4.78, 5) is 19.7. The first-order chi connectivity index (χ1) is 9.16. The Morgan fingerprint density at radius 2 is 2.00 bits per heavy atom. The molecule has 0 aliphatic heterocycles. The number of benzene rings is 1. The van der Waals surface area contributed by atoms with E-state index in [4.69, 9.17) is 0 Å². The highest BCUT2D eigenvalue weighted by Crippen LogP contribution is 2.28. The number of aryl methyl sites for hydroxylation is 1. The molecule has 0 unspecified atom stereocenters.